The summed E-state index contributed by atoms with van der Waals surface area (Å²) in [5, 5.41) is 0. The van der Waals surface area contributed by atoms with Gasteiger partial charge < -0.3 is 4.74 Å². The first kappa shape index (κ1) is 22.5. The van der Waals surface area contributed by atoms with Gasteiger partial charge in [0.15, 0.2) is 0 Å². The van der Waals surface area contributed by atoms with Crippen molar-refractivity contribution in [1.82, 2.24) is 0 Å². The van der Waals surface area contributed by atoms with Crippen molar-refractivity contribution in [3.63, 3.8) is 0 Å². The largest absolute Gasteiger partial charge is 0.466 e. The molecule has 0 aromatic carbocycles. The highest BCUT2D eigenvalue weighted by Gasteiger charge is 1.95. The van der Waals surface area contributed by atoms with E-state index >= 15 is 0 Å². The first-order valence-electron chi connectivity index (χ1n) is 2.96. The quantitative estimate of drug-likeness (QED) is 0.690. The molecule has 0 heterocycles. The Bertz CT molecular complexity index is 70.2. The van der Waals surface area contributed by atoms with Crippen LogP contribution in [0.2, 0.25) is 0 Å². The minimum absolute atomic E-state index is 0. The van der Waals surface area contributed by atoms with E-state index < -0.39 is 0 Å². The molecule has 11 heavy (non-hydrogen) atoms. The van der Waals surface area contributed by atoms with Gasteiger partial charge in [0, 0.05) is 6.42 Å². The van der Waals surface area contributed by atoms with Crippen LogP contribution in [-0.2, 0) is 9.53 Å². The van der Waals surface area contributed by atoms with E-state index in [1.165, 1.54) is 0 Å². The summed E-state index contributed by atoms with van der Waals surface area (Å²) < 4.78 is 4.64. The lowest BCUT2D eigenvalue weighted by atomic mass is 10.3. The topological polar surface area (TPSA) is 26.3 Å². The van der Waals surface area contributed by atoms with Crippen molar-refractivity contribution in [3.05, 3.63) is 0 Å². The van der Waals surface area contributed by atoms with Crippen molar-refractivity contribution in [2.24, 2.45) is 0 Å². The monoisotopic (exact) mass is 224 g/mol. The summed E-state index contributed by atoms with van der Waals surface area (Å²) >= 11 is 0. The van der Waals surface area contributed by atoms with Crippen molar-refractivity contribution >= 4 is 43.2 Å². The van der Waals surface area contributed by atoms with E-state index in [4.69, 9.17) is 0 Å². The van der Waals surface area contributed by atoms with Gasteiger partial charge in [0.2, 0.25) is 0 Å². The number of hydrogen-bond acceptors (Lipinski definition) is 2. The van der Waals surface area contributed by atoms with Gasteiger partial charge in [-0.05, 0) is 13.3 Å². The van der Waals surface area contributed by atoms with Gasteiger partial charge in [-0.1, -0.05) is 6.92 Å². The van der Waals surface area contributed by atoms with Crippen molar-refractivity contribution in [2.75, 3.05) is 6.61 Å². The van der Waals surface area contributed by atoms with Crippen LogP contribution in [0, 0.1) is 0 Å². The van der Waals surface area contributed by atoms with Crippen LogP contribution in [0.15, 0.2) is 0 Å². The molecule has 0 aliphatic heterocycles. The summed E-state index contributed by atoms with van der Waals surface area (Å²) in [5.41, 5.74) is 0. The Labute approximate surface area is 86.3 Å². The van der Waals surface area contributed by atoms with E-state index in [1.54, 1.807) is 0 Å². The molecule has 0 aromatic rings. The van der Waals surface area contributed by atoms with Gasteiger partial charge >= 0.3 is 5.97 Å². The Morgan fingerprint density at radius 1 is 1.18 bits per heavy atom. The molecule has 5 heteroatoms. The standard InChI is InChI=1S/C6H12O2.3ClH/c1-3-5-6(7)8-4-2;;;/h3-5H2,1-2H3;3*1H. The number of ether oxygens (including phenoxy) is 1. The average molecular weight is 226 g/mol. The third kappa shape index (κ3) is 17.9. The first-order chi connectivity index (χ1) is 3.81. The molecule has 0 rings (SSSR count). The van der Waals surface area contributed by atoms with E-state index in [9.17, 15) is 4.79 Å². The molecule has 0 N–H and O–H groups in total. The zero-order valence-corrected chi connectivity index (χ0v) is 9.11. The highest BCUT2D eigenvalue weighted by Crippen LogP contribution is 1.89. The van der Waals surface area contributed by atoms with Crippen molar-refractivity contribution in [3.8, 4) is 0 Å². The minimum Gasteiger partial charge on any atom is -0.466 e. The van der Waals surface area contributed by atoms with Gasteiger partial charge in [-0.3, -0.25) is 4.79 Å². The molecule has 0 saturated carbocycles. The molecule has 2 nitrogen and oxygen atoms in total. The fraction of sp³-hybridized carbons (Fsp3) is 0.833. The number of halogens is 3. The Hall–Kier alpha value is 0.340. The van der Waals surface area contributed by atoms with Crippen molar-refractivity contribution in [2.45, 2.75) is 26.7 Å². The lowest BCUT2D eigenvalue weighted by molar-refractivity contribution is -0.143. The van der Waals surface area contributed by atoms with Crippen molar-refractivity contribution < 1.29 is 9.53 Å². The van der Waals surface area contributed by atoms with Crippen molar-refractivity contribution in [1.29, 1.82) is 0 Å². The molecular formula is C6H15Cl3O2. The van der Waals surface area contributed by atoms with Crippen LogP contribution in [0.4, 0.5) is 0 Å². The Morgan fingerprint density at radius 3 is 1.91 bits per heavy atom. The summed E-state index contributed by atoms with van der Waals surface area (Å²) in [6.45, 7) is 4.27. The van der Waals surface area contributed by atoms with Gasteiger partial charge in [-0.15, -0.1) is 37.2 Å². The van der Waals surface area contributed by atoms with E-state index in [-0.39, 0.29) is 43.2 Å². The predicted octanol–water partition coefficient (Wildman–Crippen LogP) is 2.62. The summed E-state index contributed by atoms with van der Waals surface area (Å²) in [6.07, 6.45) is 1.42. The maximum atomic E-state index is 10.4. The van der Waals surface area contributed by atoms with E-state index in [1.807, 2.05) is 13.8 Å². The van der Waals surface area contributed by atoms with Gasteiger partial charge in [-0.25, -0.2) is 0 Å². The molecular weight excluding hydrogens is 210 g/mol. The number of carbonyl (C=O) groups excluding carboxylic acids is 1. The van der Waals surface area contributed by atoms with Gasteiger partial charge in [-0.2, -0.15) is 0 Å². The minimum atomic E-state index is -0.0880. The molecule has 0 bridgehead atoms. The van der Waals surface area contributed by atoms with Gasteiger partial charge in [0.05, 0.1) is 6.61 Å². The SMILES string of the molecule is CCCC(=O)OCC.Cl.Cl.Cl. The summed E-state index contributed by atoms with van der Waals surface area (Å²) in [7, 11) is 0. The Balaban J connectivity index is -0.0000000817. The predicted molar refractivity (Wildman–Crippen MR) is 53.3 cm³/mol. The zero-order chi connectivity index (χ0) is 6.41. The van der Waals surface area contributed by atoms with Gasteiger partial charge in [0.1, 0.15) is 0 Å². The smallest absolute Gasteiger partial charge is 0.305 e. The van der Waals surface area contributed by atoms with Gasteiger partial charge in [0.25, 0.3) is 0 Å². The third-order valence-corrected chi connectivity index (χ3v) is 0.759. The molecule has 0 saturated heterocycles. The highest BCUT2D eigenvalue weighted by atomic mass is 35.5. The Kier molecular flexibility index (Phi) is 34.3. The molecule has 0 aliphatic carbocycles. The van der Waals surface area contributed by atoms with E-state index in [0.717, 1.165) is 6.42 Å². The summed E-state index contributed by atoms with van der Waals surface area (Å²) in [6, 6.07) is 0. The van der Waals surface area contributed by atoms with E-state index in [2.05, 4.69) is 4.74 Å². The summed E-state index contributed by atoms with van der Waals surface area (Å²) in [4.78, 5) is 10.4. The molecule has 0 radical (unpaired) electrons. The molecule has 0 aromatic heterocycles. The average Bonchev–Trinajstić information content (AvgIpc) is 1.68. The van der Waals surface area contributed by atoms with Crippen LogP contribution in [0.1, 0.15) is 26.7 Å². The first-order valence-corrected chi connectivity index (χ1v) is 2.96. The number of esters is 1. The zero-order valence-electron chi connectivity index (χ0n) is 6.66. The van der Waals surface area contributed by atoms with Crippen LogP contribution in [-0.4, -0.2) is 12.6 Å². The lowest BCUT2D eigenvalue weighted by Gasteiger charge is -1.96. The maximum absolute atomic E-state index is 10.4. The highest BCUT2D eigenvalue weighted by molar-refractivity contribution is 5.86. The van der Waals surface area contributed by atoms with E-state index in [0.29, 0.717) is 13.0 Å². The molecule has 0 amide bonds. The molecule has 0 fully saturated rings. The normalized spacial score (nSPS) is 6.36. The summed E-state index contributed by atoms with van der Waals surface area (Å²) in [5.74, 6) is -0.0880. The lowest BCUT2D eigenvalue weighted by Crippen LogP contribution is -2.01. The maximum Gasteiger partial charge on any atom is 0.305 e. The second-order valence-corrected chi connectivity index (χ2v) is 1.56. The number of hydrogen-bond donors (Lipinski definition) is 0. The second kappa shape index (κ2) is 16.7. The molecule has 0 aliphatic rings. The molecule has 72 valence electrons. The number of rotatable bonds is 3. The fourth-order valence-electron chi connectivity index (χ4n) is 0.437. The molecule has 0 unspecified atom stereocenters. The fourth-order valence-corrected chi connectivity index (χ4v) is 0.437. The third-order valence-electron chi connectivity index (χ3n) is 0.759. The van der Waals surface area contributed by atoms with Crippen LogP contribution >= 0.6 is 37.2 Å². The number of carbonyl (C=O) groups is 1. The molecule has 0 atom stereocenters. The second-order valence-electron chi connectivity index (χ2n) is 1.56. The van der Waals surface area contributed by atoms with Crippen LogP contribution < -0.4 is 0 Å². The van der Waals surface area contributed by atoms with Crippen LogP contribution in [0.5, 0.6) is 0 Å². The van der Waals surface area contributed by atoms with Crippen LogP contribution in [0.3, 0.4) is 0 Å². The van der Waals surface area contributed by atoms with Crippen LogP contribution in [0.25, 0.3) is 0 Å². The molecule has 0 spiro atoms. The Morgan fingerprint density at radius 2 is 1.64 bits per heavy atom.